The first-order valence-corrected chi connectivity index (χ1v) is 12.6. The Morgan fingerprint density at radius 2 is 1.95 bits per heavy atom. The topological polar surface area (TPSA) is 129 Å². The average Bonchev–Trinajstić information content (AvgIpc) is 3.69. The maximum absolute atomic E-state index is 12.5. The molecule has 0 aliphatic rings. The van der Waals surface area contributed by atoms with E-state index < -0.39 is 6.09 Å². The Kier molecular flexibility index (Phi) is 6.56. The lowest BCUT2D eigenvalue weighted by Gasteiger charge is -2.10. The molecule has 0 atom stereocenters. The second-order valence-electron chi connectivity index (χ2n) is 8.88. The molecule has 0 aliphatic heterocycles. The number of rotatable bonds is 9. The third-order valence-corrected chi connectivity index (χ3v) is 6.37. The van der Waals surface area contributed by atoms with Crippen LogP contribution in [-0.4, -0.2) is 51.8 Å². The molecule has 4 heterocycles. The van der Waals surface area contributed by atoms with E-state index in [-0.39, 0.29) is 6.61 Å². The van der Waals surface area contributed by atoms with E-state index in [0.717, 1.165) is 27.7 Å². The normalized spacial score (nSPS) is 11.2. The molecule has 0 fully saturated rings. The molecule has 2 N–H and O–H groups in total. The summed E-state index contributed by atoms with van der Waals surface area (Å²) in [6.07, 6.45) is 8.20. The van der Waals surface area contributed by atoms with Gasteiger partial charge in [-0.05, 0) is 30.2 Å². The lowest BCUT2D eigenvalue weighted by atomic mass is 10.2. The summed E-state index contributed by atoms with van der Waals surface area (Å²) in [4.78, 5) is 20.8. The maximum atomic E-state index is 12.5. The first kappa shape index (κ1) is 24.1. The van der Waals surface area contributed by atoms with Gasteiger partial charge >= 0.3 is 6.09 Å². The monoisotopic (exact) mass is 522 g/mol. The van der Waals surface area contributed by atoms with Gasteiger partial charge in [0.25, 0.3) is 0 Å². The number of ether oxygens (including phenoxy) is 1. The summed E-state index contributed by atoms with van der Waals surface area (Å²) in [6, 6.07) is 16.3. The third kappa shape index (κ3) is 5.12. The van der Waals surface area contributed by atoms with Crippen molar-refractivity contribution in [1.29, 1.82) is 0 Å². The fourth-order valence-electron chi connectivity index (χ4n) is 4.54. The minimum absolute atomic E-state index is 0.168. The van der Waals surface area contributed by atoms with Crippen molar-refractivity contribution in [2.45, 2.75) is 26.4 Å². The molecule has 1 amide bonds. The summed E-state index contributed by atoms with van der Waals surface area (Å²) in [5.74, 6) is 0.630. The smallest absolute Gasteiger partial charge is 0.411 e. The number of fused-ring (bicyclic) bond motifs is 2. The van der Waals surface area contributed by atoms with E-state index in [1.807, 2.05) is 54.2 Å². The molecule has 12 heteroatoms. The number of nitrogens with zero attached hydrogens (tertiary/aromatic N) is 8. The van der Waals surface area contributed by atoms with E-state index >= 15 is 0 Å². The molecule has 196 valence electrons. The number of aryl methyl sites for hydroxylation is 1. The number of amides is 1. The number of aromatic nitrogens is 8. The molecule has 39 heavy (non-hydrogen) atoms. The van der Waals surface area contributed by atoms with E-state index in [2.05, 4.69) is 48.0 Å². The highest BCUT2D eigenvalue weighted by Gasteiger charge is 2.17. The average molecular weight is 523 g/mol. The Labute approximate surface area is 223 Å². The Hall–Kier alpha value is -5.26. The summed E-state index contributed by atoms with van der Waals surface area (Å²) in [7, 11) is 0. The van der Waals surface area contributed by atoms with Crippen molar-refractivity contribution < 1.29 is 9.53 Å². The first-order chi connectivity index (χ1) is 19.2. The highest BCUT2D eigenvalue weighted by molar-refractivity contribution is 5.91. The number of carbonyl (C=O) groups is 1. The zero-order chi connectivity index (χ0) is 26.6. The fraction of sp³-hybridized carbons (Fsp3) is 0.185. The Balaban J connectivity index is 1.20. The van der Waals surface area contributed by atoms with Crippen LogP contribution in [0.15, 0.2) is 79.9 Å². The standard InChI is InChI=1S/C27H26N10O2/c1-2-22-23(34-27(38)39-11-10-35-18-28-16-31-35)15-37-25(22)26(29-17-32-37)33-21-8-9-24-20(12-21)13-30-36(24)14-19-6-4-3-5-7-19/h3-9,12-13,15-18H,2,10-11,14H2,1H3,(H,34,38)(H,29,32,33). The van der Waals surface area contributed by atoms with Crippen molar-refractivity contribution in [3.8, 4) is 0 Å². The van der Waals surface area contributed by atoms with Gasteiger partial charge in [-0.3, -0.25) is 10.00 Å². The van der Waals surface area contributed by atoms with E-state index in [4.69, 9.17) is 4.74 Å². The van der Waals surface area contributed by atoms with Gasteiger partial charge in [0.1, 0.15) is 31.1 Å². The molecular weight excluding hydrogens is 496 g/mol. The summed E-state index contributed by atoms with van der Waals surface area (Å²) in [6.45, 7) is 3.30. The molecule has 0 spiro atoms. The molecule has 12 nitrogen and oxygen atoms in total. The van der Waals surface area contributed by atoms with E-state index in [1.165, 1.54) is 18.2 Å². The van der Waals surface area contributed by atoms with Crippen molar-refractivity contribution in [1.82, 2.24) is 39.1 Å². The number of anilines is 3. The zero-order valence-electron chi connectivity index (χ0n) is 21.2. The molecular formula is C27H26N10O2. The fourth-order valence-corrected chi connectivity index (χ4v) is 4.54. The maximum Gasteiger partial charge on any atom is 0.411 e. The van der Waals surface area contributed by atoms with Crippen LogP contribution in [0.3, 0.4) is 0 Å². The summed E-state index contributed by atoms with van der Waals surface area (Å²) in [5, 5.41) is 20.2. The molecule has 4 aromatic heterocycles. The van der Waals surface area contributed by atoms with Gasteiger partial charge in [-0.25, -0.2) is 24.0 Å². The quantitative estimate of drug-likeness (QED) is 0.288. The molecule has 0 bridgehead atoms. The molecule has 0 radical (unpaired) electrons. The molecule has 0 saturated carbocycles. The van der Waals surface area contributed by atoms with Crippen LogP contribution in [0.4, 0.5) is 22.0 Å². The summed E-state index contributed by atoms with van der Waals surface area (Å²) < 4.78 is 10.6. The van der Waals surface area contributed by atoms with Gasteiger partial charge in [-0.15, -0.1) is 0 Å². The van der Waals surface area contributed by atoms with Gasteiger partial charge in [0, 0.05) is 16.6 Å². The molecule has 6 aromatic rings. The minimum atomic E-state index is -0.554. The highest BCUT2D eigenvalue weighted by atomic mass is 16.5. The summed E-state index contributed by atoms with van der Waals surface area (Å²) in [5.41, 5.74) is 5.39. The van der Waals surface area contributed by atoms with Crippen LogP contribution < -0.4 is 10.6 Å². The third-order valence-electron chi connectivity index (χ3n) is 6.37. The molecule has 2 aromatic carbocycles. The highest BCUT2D eigenvalue weighted by Crippen LogP contribution is 2.30. The number of nitrogens with one attached hydrogen (secondary N) is 2. The molecule has 0 unspecified atom stereocenters. The number of hydrogen-bond donors (Lipinski definition) is 2. The van der Waals surface area contributed by atoms with Gasteiger partial charge in [0.15, 0.2) is 5.82 Å². The van der Waals surface area contributed by atoms with Crippen LogP contribution in [0.5, 0.6) is 0 Å². The lowest BCUT2D eigenvalue weighted by Crippen LogP contribution is -2.17. The number of hydrogen-bond acceptors (Lipinski definition) is 8. The van der Waals surface area contributed by atoms with Crippen LogP contribution in [0.25, 0.3) is 16.4 Å². The van der Waals surface area contributed by atoms with Gasteiger partial charge in [0.05, 0.1) is 36.7 Å². The van der Waals surface area contributed by atoms with E-state index in [1.54, 1.807) is 21.7 Å². The molecule has 0 aliphatic carbocycles. The van der Waals surface area contributed by atoms with Gasteiger partial charge in [-0.2, -0.15) is 15.3 Å². The predicted octanol–water partition coefficient (Wildman–Crippen LogP) is 4.27. The van der Waals surface area contributed by atoms with Gasteiger partial charge < -0.3 is 10.1 Å². The van der Waals surface area contributed by atoms with Crippen LogP contribution in [-0.2, 0) is 24.2 Å². The molecule has 0 saturated heterocycles. The van der Waals surface area contributed by atoms with Gasteiger partial charge in [0.2, 0.25) is 0 Å². The Morgan fingerprint density at radius 3 is 2.77 bits per heavy atom. The van der Waals surface area contributed by atoms with Crippen molar-refractivity contribution in [2.24, 2.45) is 0 Å². The lowest BCUT2D eigenvalue weighted by molar-refractivity contribution is 0.155. The SMILES string of the molecule is CCc1c(NC(=O)OCCn2cncn2)cn2ncnc(Nc3ccc4c(cnn4Cc4ccccc4)c3)c12. The molecule has 6 rings (SSSR count). The van der Waals surface area contributed by atoms with Gasteiger partial charge in [-0.1, -0.05) is 37.3 Å². The van der Waals surface area contributed by atoms with Crippen LogP contribution in [0.2, 0.25) is 0 Å². The second kappa shape index (κ2) is 10.6. The largest absolute Gasteiger partial charge is 0.447 e. The van der Waals surface area contributed by atoms with Crippen molar-refractivity contribution in [2.75, 3.05) is 17.2 Å². The van der Waals surface area contributed by atoms with Crippen LogP contribution in [0.1, 0.15) is 18.1 Å². The number of benzene rings is 2. The van der Waals surface area contributed by atoms with Crippen LogP contribution >= 0.6 is 0 Å². The van der Waals surface area contributed by atoms with Crippen LogP contribution in [0, 0.1) is 0 Å². The van der Waals surface area contributed by atoms with E-state index in [9.17, 15) is 4.79 Å². The zero-order valence-corrected chi connectivity index (χ0v) is 21.2. The summed E-state index contributed by atoms with van der Waals surface area (Å²) >= 11 is 0. The minimum Gasteiger partial charge on any atom is -0.447 e. The Morgan fingerprint density at radius 1 is 1.05 bits per heavy atom. The van der Waals surface area contributed by atoms with Crippen molar-refractivity contribution >= 4 is 39.7 Å². The predicted molar refractivity (Wildman–Crippen MR) is 146 cm³/mol. The first-order valence-electron chi connectivity index (χ1n) is 12.6. The Bertz CT molecular complexity index is 1720. The van der Waals surface area contributed by atoms with Crippen molar-refractivity contribution in [3.05, 3.63) is 91.0 Å². The number of carbonyl (C=O) groups excluding carboxylic acids is 1. The van der Waals surface area contributed by atoms with Crippen molar-refractivity contribution in [3.63, 3.8) is 0 Å². The van der Waals surface area contributed by atoms with E-state index in [0.29, 0.717) is 31.0 Å². The second-order valence-corrected chi connectivity index (χ2v) is 8.88.